The molecule has 112 valence electrons. The first-order chi connectivity index (χ1) is 8.81. The third-order valence-electron chi connectivity index (χ3n) is 3.76. The maximum absolute atomic E-state index is 11.9. The van der Waals surface area contributed by atoms with Crippen LogP contribution in [0, 0.1) is 0 Å². The number of hydrogen-bond acceptors (Lipinski definition) is 4. The summed E-state index contributed by atoms with van der Waals surface area (Å²) < 4.78 is 5.32. The maximum Gasteiger partial charge on any atom is 0.248 e. The Hall–Kier alpha value is -0.360. The van der Waals surface area contributed by atoms with E-state index < -0.39 is 0 Å². The van der Waals surface area contributed by atoms with Gasteiger partial charge < -0.3 is 15.0 Å². The van der Waals surface area contributed by atoms with E-state index in [1.54, 1.807) is 0 Å². The molecule has 6 heteroatoms. The molecule has 0 bridgehead atoms. The van der Waals surface area contributed by atoms with Gasteiger partial charge in [0.25, 0.3) is 0 Å². The molecule has 0 saturated carbocycles. The van der Waals surface area contributed by atoms with E-state index in [0.717, 1.165) is 52.1 Å². The Bertz CT molecular complexity index is 273. The highest BCUT2D eigenvalue weighted by Gasteiger charge is 2.30. The van der Waals surface area contributed by atoms with Gasteiger partial charge in [-0.05, 0) is 12.8 Å². The minimum absolute atomic E-state index is 0. The first kappa shape index (κ1) is 16.7. The molecule has 0 aromatic rings. The topological polar surface area (TPSA) is 44.8 Å². The molecule has 1 N–H and O–H groups in total. The van der Waals surface area contributed by atoms with Crippen LogP contribution >= 0.6 is 12.4 Å². The molecule has 2 aliphatic rings. The Morgan fingerprint density at radius 1 is 1.32 bits per heavy atom. The lowest BCUT2D eigenvalue weighted by Crippen LogP contribution is -2.49. The highest BCUT2D eigenvalue weighted by atomic mass is 35.5. The monoisotopic (exact) mass is 291 g/mol. The van der Waals surface area contributed by atoms with Crippen molar-refractivity contribution in [2.45, 2.75) is 25.8 Å². The van der Waals surface area contributed by atoms with Crippen molar-refractivity contribution in [1.29, 1.82) is 0 Å². The van der Waals surface area contributed by atoms with Gasteiger partial charge in [-0.25, -0.2) is 0 Å². The molecule has 0 aromatic carbocycles. The van der Waals surface area contributed by atoms with Gasteiger partial charge in [0.2, 0.25) is 5.91 Å². The van der Waals surface area contributed by atoms with E-state index in [4.69, 9.17) is 4.74 Å². The van der Waals surface area contributed by atoms with Gasteiger partial charge in [-0.2, -0.15) is 0 Å². The Morgan fingerprint density at radius 2 is 2.05 bits per heavy atom. The standard InChI is InChI=1S/C13H25N3O2.ClH/c1-2-9-18-11-13(17)16-6-3-12(10-16)15-7-4-14-5-8-15;/h12,14H,2-11H2,1H3;1H. The Morgan fingerprint density at radius 3 is 2.74 bits per heavy atom. The van der Waals surface area contributed by atoms with E-state index in [0.29, 0.717) is 12.6 Å². The number of nitrogens with zero attached hydrogens (tertiary/aromatic N) is 2. The summed E-state index contributed by atoms with van der Waals surface area (Å²) in [6.45, 7) is 9.13. The molecule has 0 radical (unpaired) electrons. The van der Waals surface area contributed by atoms with Crippen LogP contribution in [0.3, 0.4) is 0 Å². The average molecular weight is 292 g/mol. The minimum Gasteiger partial charge on any atom is -0.372 e. The molecule has 2 rings (SSSR count). The lowest BCUT2D eigenvalue weighted by atomic mass is 10.2. The third kappa shape index (κ3) is 4.91. The molecule has 0 aromatic heterocycles. The zero-order chi connectivity index (χ0) is 12.8. The number of amides is 1. The van der Waals surface area contributed by atoms with Gasteiger partial charge in [0.15, 0.2) is 0 Å². The SMILES string of the molecule is CCCOCC(=O)N1CCC(N2CCNCC2)C1.Cl. The van der Waals surface area contributed by atoms with E-state index in [1.807, 2.05) is 4.90 Å². The molecule has 1 unspecified atom stereocenters. The molecule has 1 amide bonds. The fraction of sp³-hybridized carbons (Fsp3) is 0.923. The van der Waals surface area contributed by atoms with Gasteiger partial charge in [0.05, 0.1) is 0 Å². The first-order valence-corrected chi connectivity index (χ1v) is 7.11. The van der Waals surface area contributed by atoms with Crippen molar-refractivity contribution in [2.75, 3.05) is 52.5 Å². The second-order valence-electron chi connectivity index (χ2n) is 5.12. The van der Waals surface area contributed by atoms with E-state index in [2.05, 4.69) is 17.1 Å². The zero-order valence-electron chi connectivity index (χ0n) is 11.8. The Kier molecular flexibility index (Phi) is 7.68. The zero-order valence-corrected chi connectivity index (χ0v) is 12.6. The number of nitrogens with one attached hydrogen (secondary N) is 1. The maximum atomic E-state index is 11.9. The van der Waals surface area contributed by atoms with Gasteiger partial charge in [0.1, 0.15) is 6.61 Å². The van der Waals surface area contributed by atoms with Crippen LogP contribution in [0.15, 0.2) is 0 Å². The summed E-state index contributed by atoms with van der Waals surface area (Å²) >= 11 is 0. The van der Waals surface area contributed by atoms with Crippen LogP contribution in [0.25, 0.3) is 0 Å². The predicted octanol–water partition coefficient (Wildman–Crippen LogP) is 0.341. The van der Waals surface area contributed by atoms with E-state index in [-0.39, 0.29) is 24.9 Å². The summed E-state index contributed by atoms with van der Waals surface area (Å²) in [6, 6.07) is 0.558. The normalized spacial score (nSPS) is 24.3. The number of piperazine rings is 1. The van der Waals surface area contributed by atoms with Crippen LogP contribution in [0.4, 0.5) is 0 Å². The Balaban J connectivity index is 0.00000180. The summed E-state index contributed by atoms with van der Waals surface area (Å²) in [5.74, 6) is 0.154. The molecule has 0 aliphatic carbocycles. The number of carbonyl (C=O) groups is 1. The number of halogens is 1. The highest BCUT2D eigenvalue weighted by molar-refractivity contribution is 5.85. The summed E-state index contributed by atoms with van der Waals surface area (Å²) in [6.07, 6.45) is 2.08. The second-order valence-corrected chi connectivity index (χ2v) is 5.12. The third-order valence-corrected chi connectivity index (χ3v) is 3.76. The molecule has 5 nitrogen and oxygen atoms in total. The molecule has 2 aliphatic heterocycles. The molecular formula is C13H26ClN3O2. The van der Waals surface area contributed by atoms with Crippen LogP contribution in [0.5, 0.6) is 0 Å². The highest BCUT2D eigenvalue weighted by Crippen LogP contribution is 2.16. The van der Waals surface area contributed by atoms with E-state index in [1.165, 1.54) is 0 Å². The van der Waals surface area contributed by atoms with Crippen molar-refractivity contribution in [1.82, 2.24) is 15.1 Å². The van der Waals surface area contributed by atoms with Gasteiger partial charge in [-0.3, -0.25) is 9.69 Å². The molecule has 2 saturated heterocycles. The van der Waals surface area contributed by atoms with Gasteiger partial charge in [0, 0.05) is 51.9 Å². The molecule has 1 atom stereocenters. The molecule has 19 heavy (non-hydrogen) atoms. The van der Waals surface area contributed by atoms with Crippen molar-refractivity contribution in [3.63, 3.8) is 0 Å². The number of hydrogen-bond donors (Lipinski definition) is 1. The smallest absolute Gasteiger partial charge is 0.248 e. The van der Waals surface area contributed by atoms with Crippen molar-refractivity contribution in [3.8, 4) is 0 Å². The first-order valence-electron chi connectivity index (χ1n) is 7.11. The number of ether oxygens (including phenoxy) is 1. The summed E-state index contributed by atoms with van der Waals surface area (Å²) in [4.78, 5) is 16.4. The second kappa shape index (κ2) is 8.74. The molecular weight excluding hydrogens is 266 g/mol. The van der Waals surface area contributed by atoms with Gasteiger partial charge >= 0.3 is 0 Å². The van der Waals surface area contributed by atoms with Crippen LogP contribution in [0.2, 0.25) is 0 Å². The predicted molar refractivity (Wildman–Crippen MR) is 77.8 cm³/mol. The average Bonchev–Trinajstić information content (AvgIpc) is 2.89. The fourth-order valence-electron chi connectivity index (χ4n) is 2.71. The van der Waals surface area contributed by atoms with Gasteiger partial charge in [-0.1, -0.05) is 6.92 Å². The van der Waals surface area contributed by atoms with Crippen molar-refractivity contribution >= 4 is 18.3 Å². The van der Waals surface area contributed by atoms with Gasteiger partial charge in [-0.15, -0.1) is 12.4 Å². The van der Waals surface area contributed by atoms with Crippen molar-refractivity contribution in [3.05, 3.63) is 0 Å². The summed E-state index contributed by atoms with van der Waals surface area (Å²) in [5, 5.41) is 3.36. The van der Waals surface area contributed by atoms with Crippen molar-refractivity contribution in [2.24, 2.45) is 0 Å². The molecule has 2 heterocycles. The summed E-state index contributed by atoms with van der Waals surface area (Å²) in [7, 11) is 0. The summed E-state index contributed by atoms with van der Waals surface area (Å²) in [5.41, 5.74) is 0. The van der Waals surface area contributed by atoms with Crippen LogP contribution in [0.1, 0.15) is 19.8 Å². The lowest BCUT2D eigenvalue weighted by molar-refractivity contribution is -0.135. The quantitative estimate of drug-likeness (QED) is 0.742. The molecule has 0 spiro atoms. The number of rotatable bonds is 5. The van der Waals surface area contributed by atoms with Crippen LogP contribution in [-0.2, 0) is 9.53 Å². The van der Waals surface area contributed by atoms with E-state index in [9.17, 15) is 4.79 Å². The number of likely N-dealkylation sites (tertiary alicyclic amines) is 1. The van der Waals surface area contributed by atoms with Crippen LogP contribution in [-0.4, -0.2) is 74.2 Å². The fourth-order valence-corrected chi connectivity index (χ4v) is 2.71. The van der Waals surface area contributed by atoms with Crippen LogP contribution < -0.4 is 5.32 Å². The Labute approximate surface area is 122 Å². The largest absolute Gasteiger partial charge is 0.372 e. The van der Waals surface area contributed by atoms with E-state index >= 15 is 0 Å². The molecule has 2 fully saturated rings. The van der Waals surface area contributed by atoms with Crippen molar-refractivity contribution < 1.29 is 9.53 Å². The minimum atomic E-state index is 0. The number of carbonyl (C=O) groups excluding carboxylic acids is 1. The lowest BCUT2D eigenvalue weighted by Gasteiger charge is -2.32.